The quantitative estimate of drug-likeness (QED) is 0.847. The largest absolute Gasteiger partial charge is 0.396 e. The Bertz CT molecular complexity index is 474. The molecule has 3 rings (SSSR count). The van der Waals surface area contributed by atoms with Crippen LogP contribution in [-0.4, -0.2) is 30.8 Å². The molecular formula is C17H25ClN2O. The van der Waals surface area contributed by atoms with E-state index in [-0.39, 0.29) is 6.61 Å². The van der Waals surface area contributed by atoms with Crippen LogP contribution in [0.4, 0.5) is 5.69 Å². The summed E-state index contributed by atoms with van der Waals surface area (Å²) in [5.74, 6) is 0.587. The first-order valence-electron chi connectivity index (χ1n) is 8.14. The van der Waals surface area contributed by atoms with Gasteiger partial charge in [0.15, 0.2) is 0 Å². The van der Waals surface area contributed by atoms with E-state index in [2.05, 4.69) is 16.3 Å². The fourth-order valence-corrected chi connectivity index (χ4v) is 3.60. The number of hydrogen-bond donors (Lipinski definition) is 2. The summed E-state index contributed by atoms with van der Waals surface area (Å²) in [5, 5.41) is 13.6. The molecule has 1 aromatic carbocycles. The van der Waals surface area contributed by atoms with Gasteiger partial charge >= 0.3 is 0 Å². The van der Waals surface area contributed by atoms with E-state index in [0.29, 0.717) is 12.0 Å². The summed E-state index contributed by atoms with van der Waals surface area (Å²) in [4.78, 5) is 2.43. The van der Waals surface area contributed by atoms with E-state index >= 15 is 0 Å². The lowest BCUT2D eigenvalue weighted by molar-refractivity contribution is 0.244. The van der Waals surface area contributed by atoms with Crippen molar-refractivity contribution in [2.75, 3.05) is 24.6 Å². The van der Waals surface area contributed by atoms with Gasteiger partial charge in [-0.15, -0.1) is 0 Å². The van der Waals surface area contributed by atoms with Crippen LogP contribution >= 0.6 is 11.6 Å². The highest BCUT2D eigenvalue weighted by molar-refractivity contribution is 6.33. The van der Waals surface area contributed by atoms with Gasteiger partial charge in [-0.2, -0.15) is 0 Å². The van der Waals surface area contributed by atoms with E-state index in [4.69, 9.17) is 11.6 Å². The van der Waals surface area contributed by atoms with Crippen molar-refractivity contribution in [1.82, 2.24) is 5.32 Å². The molecule has 4 heteroatoms. The molecule has 1 saturated heterocycles. The normalized spacial score (nSPS) is 22.6. The van der Waals surface area contributed by atoms with Gasteiger partial charge in [-0.3, -0.25) is 0 Å². The highest BCUT2D eigenvalue weighted by atomic mass is 35.5. The third-order valence-corrected chi connectivity index (χ3v) is 4.91. The summed E-state index contributed by atoms with van der Waals surface area (Å²) < 4.78 is 0. The molecule has 1 unspecified atom stereocenters. The summed E-state index contributed by atoms with van der Waals surface area (Å²) in [6, 6.07) is 6.94. The molecule has 0 spiro atoms. The second-order valence-corrected chi connectivity index (χ2v) is 6.78. The van der Waals surface area contributed by atoms with Crippen molar-refractivity contribution in [3.8, 4) is 0 Å². The molecule has 1 aliphatic carbocycles. The Morgan fingerprint density at radius 3 is 2.90 bits per heavy atom. The molecule has 116 valence electrons. The number of nitrogens with zero attached hydrogens (tertiary/aromatic N) is 1. The number of aliphatic hydroxyl groups is 1. The summed E-state index contributed by atoms with van der Waals surface area (Å²) >= 11 is 6.50. The SMILES string of the molecule is OCCC1CCCN(c2c(Cl)cccc2CNC2CC2)C1. The average Bonchev–Trinajstić information content (AvgIpc) is 3.30. The number of anilines is 1. The maximum Gasteiger partial charge on any atom is 0.0642 e. The minimum atomic E-state index is 0.289. The second-order valence-electron chi connectivity index (χ2n) is 6.37. The van der Waals surface area contributed by atoms with Gasteiger partial charge in [0.2, 0.25) is 0 Å². The third-order valence-electron chi connectivity index (χ3n) is 4.60. The summed E-state index contributed by atoms with van der Waals surface area (Å²) in [7, 11) is 0. The topological polar surface area (TPSA) is 35.5 Å². The Morgan fingerprint density at radius 2 is 2.14 bits per heavy atom. The van der Waals surface area contributed by atoms with E-state index in [9.17, 15) is 5.11 Å². The van der Waals surface area contributed by atoms with Gasteiger partial charge in [0, 0.05) is 32.3 Å². The van der Waals surface area contributed by atoms with E-state index in [1.54, 1.807) is 0 Å². The number of benzene rings is 1. The lowest BCUT2D eigenvalue weighted by Gasteiger charge is -2.36. The summed E-state index contributed by atoms with van der Waals surface area (Å²) in [6.07, 6.45) is 5.91. The minimum Gasteiger partial charge on any atom is -0.396 e. The monoisotopic (exact) mass is 308 g/mol. The van der Waals surface area contributed by atoms with Crippen LogP contribution in [0.3, 0.4) is 0 Å². The number of aliphatic hydroxyl groups excluding tert-OH is 1. The first-order valence-corrected chi connectivity index (χ1v) is 8.52. The first-order chi connectivity index (χ1) is 10.3. The molecule has 1 saturated carbocycles. The van der Waals surface area contributed by atoms with Gasteiger partial charge in [-0.25, -0.2) is 0 Å². The average molecular weight is 309 g/mol. The van der Waals surface area contributed by atoms with Crippen LogP contribution in [0.2, 0.25) is 5.02 Å². The Hall–Kier alpha value is -0.770. The van der Waals surface area contributed by atoms with Gasteiger partial charge in [-0.1, -0.05) is 23.7 Å². The number of para-hydroxylation sites is 1. The van der Waals surface area contributed by atoms with E-state index in [1.165, 1.54) is 36.9 Å². The van der Waals surface area contributed by atoms with Crippen molar-refractivity contribution < 1.29 is 5.11 Å². The van der Waals surface area contributed by atoms with Crippen molar-refractivity contribution in [3.05, 3.63) is 28.8 Å². The Morgan fingerprint density at radius 1 is 1.29 bits per heavy atom. The number of piperidine rings is 1. The molecule has 1 aliphatic heterocycles. The molecule has 0 aromatic heterocycles. The molecule has 2 aliphatic rings. The Kier molecular flexibility index (Phi) is 5.04. The van der Waals surface area contributed by atoms with Crippen LogP contribution in [0.15, 0.2) is 18.2 Å². The maximum absolute atomic E-state index is 9.18. The Labute approximate surface area is 132 Å². The lowest BCUT2D eigenvalue weighted by atomic mass is 9.94. The molecule has 1 atom stereocenters. The zero-order chi connectivity index (χ0) is 14.7. The molecule has 1 aromatic rings. The Balaban J connectivity index is 1.75. The molecule has 2 N–H and O–H groups in total. The zero-order valence-electron chi connectivity index (χ0n) is 12.5. The number of rotatable bonds is 6. The van der Waals surface area contributed by atoms with Crippen molar-refractivity contribution in [2.24, 2.45) is 5.92 Å². The second kappa shape index (κ2) is 6.99. The van der Waals surface area contributed by atoms with Crippen LogP contribution in [0, 0.1) is 5.92 Å². The fourth-order valence-electron chi connectivity index (χ4n) is 3.28. The molecule has 0 amide bonds. The van der Waals surface area contributed by atoms with E-state index < -0.39 is 0 Å². The predicted octanol–water partition coefficient (Wildman–Crippen LogP) is 3.19. The highest BCUT2D eigenvalue weighted by Gasteiger charge is 2.25. The van der Waals surface area contributed by atoms with Gasteiger partial charge in [0.05, 0.1) is 10.7 Å². The van der Waals surface area contributed by atoms with E-state index in [1.807, 2.05) is 12.1 Å². The molecule has 21 heavy (non-hydrogen) atoms. The molecule has 0 radical (unpaired) electrons. The van der Waals surface area contributed by atoms with Gasteiger partial charge in [0.25, 0.3) is 0 Å². The van der Waals surface area contributed by atoms with Gasteiger partial charge in [-0.05, 0) is 49.7 Å². The third kappa shape index (κ3) is 3.91. The van der Waals surface area contributed by atoms with Crippen molar-refractivity contribution in [2.45, 2.75) is 44.7 Å². The highest BCUT2D eigenvalue weighted by Crippen LogP contribution is 2.34. The molecule has 0 bridgehead atoms. The molecular weight excluding hydrogens is 284 g/mol. The number of halogens is 1. The molecule has 1 heterocycles. The van der Waals surface area contributed by atoms with Crippen LogP contribution in [0.25, 0.3) is 0 Å². The van der Waals surface area contributed by atoms with Crippen LogP contribution in [0.1, 0.15) is 37.7 Å². The van der Waals surface area contributed by atoms with Gasteiger partial charge < -0.3 is 15.3 Å². The van der Waals surface area contributed by atoms with E-state index in [0.717, 1.165) is 31.1 Å². The predicted molar refractivity (Wildman–Crippen MR) is 88.0 cm³/mol. The zero-order valence-corrected chi connectivity index (χ0v) is 13.3. The first kappa shape index (κ1) is 15.1. The maximum atomic E-state index is 9.18. The number of hydrogen-bond acceptors (Lipinski definition) is 3. The van der Waals surface area contributed by atoms with Crippen LogP contribution in [-0.2, 0) is 6.54 Å². The lowest BCUT2D eigenvalue weighted by Crippen LogP contribution is -2.37. The standard InChI is InChI=1S/C17H25ClN2O/c18-16-5-1-4-14(11-19-15-6-7-15)17(16)20-9-2-3-13(12-20)8-10-21/h1,4-5,13,15,19,21H,2-3,6-12H2. The van der Waals surface area contributed by atoms with Crippen molar-refractivity contribution in [1.29, 1.82) is 0 Å². The number of nitrogens with one attached hydrogen (secondary N) is 1. The van der Waals surface area contributed by atoms with Crippen molar-refractivity contribution in [3.63, 3.8) is 0 Å². The molecule has 3 nitrogen and oxygen atoms in total. The summed E-state index contributed by atoms with van der Waals surface area (Å²) in [6.45, 7) is 3.28. The van der Waals surface area contributed by atoms with Crippen LogP contribution < -0.4 is 10.2 Å². The fraction of sp³-hybridized carbons (Fsp3) is 0.647. The van der Waals surface area contributed by atoms with Gasteiger partial charge in [0.1, 0.15) is 0 Å². The van der Waals surface area contributed by atoms with Crippen molar-refractivity contribution >= 4 is 17.3 Å². The summed E-state index contributed by atoms with van der Waals surface area (Å²) in [5.41, 5.74) is 2.51. The smallest absolute Gasteiger partial charge is 0.0642 e. The van der Waals surface area contributed by atoms with Crippen LogP contribution in [0.5, 0.6) is 0 Å². The minimum absolute atomic E-state index is 0.289. The molecule has 2 fully saturated rings.